The number of hydrogen-bond donors (Lipinski definition) is 1. The van der Waals surface area contributed by atoms with Gasteiger partial charge in [0.15, 0.2) is 5.78 Å². The second-order valence-electron chi connectivity index (χ2n) is 6.79. The van der Waals surface area contributed by atoms with Gasteiger partial charge in [0.2, 0.25) is 0 Å². The molecule has 26 heavy (non-hydrogen) atoms. The number of nitrogens with zero attached hydrogens (tertiary/aromatic N) is 1. The van der Waals surface area contributed by atoms with Crippen molar-refractivity contribution in [1.82, 2.24) is 0 Å². The van der Waals surface area contributed by atoms with Gasteiger partial charge in [0.25, 0.3) is 0 Å². The molecule has 1 aliphatic rings. The smallest absolute Gasteiger partial charge is 0.183 e. The van der Waals surface area contributed by atoms with Gasteiger partial charge in [-0.2, -0.15) is 0 Å². The van der Waals surface area contributed by atoms with Crippen LogP contribution in [-0.4, -0.2) is 37.6 Å². The average molecular weight is 350 g/mol. The van der Waals surface area contributed by atoms with Crippen LogP contribution in [0.1, 0.15) is 22.3 Å². The number of carbonyl (C=O) groups excluding carboxylic acids is 1. The van der Waals surface area contributed by atoms with Crippen LogP contribution >= 0.6 is 0 Å². The Hall–Kier alpha value is -2.43. The molecule has 0 saturated carbocycles. The van der Waals surface area contributed by atoms with Gasteiger partial charge in [0.1, 0.15) is 0 Å². The molecule has 1 saturated heterocycles. The minimum Gasteiger partial charge on any atom is -0.378 e. The number of rotatable bonds is 7. The van der Waals surface area contributed by atoms with E-state index in [-0.39, 0.29) is 5.78 Å². The summed E-state index contributed by atoms with van der Waals surface area (Å²) in [6.07, 6.45) is 2.65. The van der Waals surface area contributed by atoms with Crippen molar-refractivity contribution in [1.29, 1.82) is 0 Å². The number of hydrogen-bond acceptors (Lipinski definition) is 4. The van der Waals surface area contributed by atoms with Gasteiger partial charge in [-0.05, 0) is 42.7 Å². The van der Waals surface area contributed by atoms with Crippen LogP contribution in [0, 0.1) is 0 Å². The number of benzene rings is 2. The van der Waals surface area contributed by atoms with Crippen molar-refractivity contribution in [3.05, 3.63) is 78.4 Å². The Labute approximate surface area is 155 Å². The molecule has 1 unspecified atom stereocenters. The normalized spacial score (nSPS) is 16.7. The zero-order valence-electron chi connectivity index (χ0n) is 15.1. The molecule has 2 aromatic rings. The van der Waals surface area contributed by atoms with Gasteiger partial charge in [-0.1, -0.05) is 36.4 Å². The fraction of sp³-hybridized carbons (Fsp3) is 0.318. The van der Waals surface area contributed by atoms with E-state index in [2.05, 4.69) is 11.5 Å². The molecule has 0 spiro atoms. The minimum atomic E-state index is -0.983. The largest absolute Gasteiger partial charge is 0.378 e. The summed E-state index contributed by atoms with van der Waals surface area (Å²) >= 11 is 0. The average Bonchev–Trinajstić information content (AvgIpc) is 2.69. The Morgan fingerprint density at radius 1 is 1.12 bits per heavy atom. The highest BCUT2D eigenvalue weighted by Crippen LogP contribution is 2.23. The maximum Gasteiger partial charge on any atom is 0.183 e. The molecule has 4 heteroatoms. The Morgan fingerprint density at radius 3 is 2.38 bits per heavy atom. The van der Waals surface area contributed by atoms with Crippen molar-refractivity contribution in [2.75, 3.05) is 31.2 Å². The van der Waals surface area contributed by atoms with Crippen LogP contribution < -0.4 is 10.6 Å². The van der Waals surface area contributed by atoms with Crippen molar-refractivity contribution in [3.63, 3.8) is 0 Å². The first-order chi connectivity index (χ1) is 12.6. The van der Waals surface area contributed by atoms with Crippen LogP contribution in [0.4, 0.5) is 5.69 Å². The summed E-state index contributed by atoms with van der Waals surface area (Å²) in [5, 5.41) is 0. The van der Waals surface area contributed by atoms with Crippen molar-refractivity contribution in [2.45, 2.75) is 18.4 Å². The Morgan fingerprint density at radius 2 is 1.77 bits per heavy atom. The summed E-state index contributed by atoms with van der Waals surface area (Å²) in [5.41, 5.74) is 8.37. The first-order valence-corrected chi connectivity index (χ1v) is 9.04. The van der Waals surface area contributed by atoms with E-state index in [4.69, 9.17) is 10.5 Å². The van der Waals surface area contributed by atoms with Crippen LogP contribution in [0.5, 0.6) is 0 Å². The van der Waals surface area contributed by atoms with Gasteiger partial charge < -0.3 is 15.4 Å². The summed E-state index contributed by atoms with van der Waals surface area (Å²) in [5.74, 6) is -0.0465. The molecule has 0 amide bonds. The lowest BCUT2D eigenvalue weighted by molar-refractivity contribution is 0.0888. The second-order valence-corrected chi connectivity index (χ2v) is 6.79. The maximum atomic E-state index is 13.1. The fourth-order valence-corrected chi connectivity index (χ4v) is 3.40. The van der Waals surface area contributed by atoms with Gasteiger partial charge >= 0.3 is 0 Å². The van der Waals surface area contributed by atoms with Gasteiger partial charge in [0, 0.05) is 24.3 Å². The van der Waals surface area contributed by atoms with E-state index in [1.165, 1.54) is 0 Å². The highest BCUT2D eigenvalue weighted by molar-refractivity contribution is 6.03. The molecule has 0 aliphatic carbocycles. The number of ketones is 1. The first-order valence-electron chi connectivity index (χ1n) is 9.04. The molecule has 1 atom stereocenters. The third-order valence-corrected chi connectivity index (χ3v) is 4.83. The van der Waals surface area contributed by atoms with E-state index >= 15 is 0 Å². The van der Waals surface area contributed by atoms with E-state index in [9.17, 15) is 4.79 Å². The van der Waals surface area contributed by atoms with Gasteiger partial charge in [-0.15, -0.1) is 6.58 Å². The van der Waals surface area contributed by atoms with E-state index in [1.807, 2.05) is 54.6 Å². The van der Waals surface area contributed by atoms with Crippen LogP contribution in [0.3, 0.4) is 0 Å². The maximum absolute atomic E-state index is 13.1. The summed E-state index contributed by atoms with van der Waals surface area (Å²) in [4.78, 5) is 15.4. The summed E-state index contributed by atoms with van der Waals surface area (Å²) < 4.78 is 5.39. The van der Waals surface area contributed by atoms with E-state index < -0.39 is 5.54 Å². The third kappa shape index (κ3) is 4.21. The molecule has 1 heterocycles. The molecular formula is C22H26N2O2. The van der Waals surface area contributed by atoms with Crippen molar-refractivity contribution in [3.8, 4) is 0 Å². The predicted octanol–water partition coefficient (Wildman–Crippen LogP) is 3.22. The minimum absolute atomic E-state index is 0.0465. The molecule has 0 radical (unpaired) electrons. The van der Waals surface area contributed by atoms with Gasteiger partial charge in [-0.3, -0.25) is 4.79 Å². The number of ether oxygens (including phenoxy) is 1. The molecule has 4 nitrogen and oxygen atoms in total. The summed E-state index contributed by atoms with van der Waals surface area (Å²) in [6.45, 7) is 7.01. The van der Waals surface area contributed by atoms with Crippen LogP contribution in [0.25, 0.3) is 0 Å². The first kappa shape index (κ1) is 18.4. The lowest BCUT2D eigenvalue weighted by atomic mass is 9.81. The molecule has 2 aromatic carbocycles. The van der Waals surface area contributed by atoms with Crippen LogP contribution in [0.2, 0.25) is 0 Å². The highest BCUT2D eigenvalue weighted by atomic mass is 16.5. The quantitative estimate of drug-likeness (QED) is 0.615. The number of nitrogens with two attached hydrogens (primary N) is 1. The predicted molar refractivity (Wildman–Crippen MR) is 106 cm³/mol. The monoisotopic (exact) mass is 350 g/mol. The molecule has 1 fully saturated rings. The topological polar surface area (TPSA) is 55.6 Å². The van der Waals surface area contributed by atoms with Crippen LogP contribution in [-0.2, 0) is 11.2 Å². The Kier molecular flexibility index (Phi) is 5.86. The number of Topliss-reactive ketones (excluding diaryl/α,β-unsaturated/α-hetero) is 1. The number of carbonyl (C=O) groups is 1. The molecule has 0 bridgehead atoms. The van der Waals surface area contributed by atoms with Crippen molar-refractivity contribution >= 4 is 11.5 Å². The third-order valence-electron chi connectivity index (χ3n) is 4.83. The van der Waals surface area contributed by atoms with Crippen molar-refractivity contribution in [2.24, 2.45) is 5.73 Å². The van der Waals surface area contributed by atoms with Crippen molar-refractivity contribution < 1.29 is 9.53 Å². The number of anilines is 1. The molecule has 0 aromatic heterocycles. The molecule has 3 rings (SSSR count). The molecular weight excluding hydrogens is 324 g/mol. The highest BCUT2D eigenvalue weighted by Gasteiger charge is 2.33. The SMILES string of the molecule is C=CCC(N)(Cc1ccccc1)C(=O)c1ccc(N2CCOCC2)cc1. The Bertz CT molecular complexity index is 736. The molecule has 1 aliphatic heterocycles. The Balaban J connectivity index is 1.79. The lowest BCUT2D eigenvalue weighted by Crippen LogP contribution is -2.49. The fourth-order valence-electron chi connectivity index (χ4n) is 3.40. The van der Waals surface area contributed by atoms with Gasteiger partial charge in [-0.25, -0.2) is 0 Å². The standard InChI is InChI=1S/C22H26N2O2/c1-2-12-22(23,17-18-6-4-3-5-7-18)21(25)19-8-10-20(11-9-19)24-13-15-26-16-14-24/h2-11H,1,12-17,23H2. The summed E-state index contributed by atoms with van der Waals surface area (Å²) in [6, 6.07) is 17.6. The molecule has 136 valence electrons. The van der Waals surface area contributed by atoms with Crippen LogP contribution in [0.15, 0.2) is 67.3 Å². The number of morpholine rings is 1. The second kappa shape index (κ2) is 8.30. The van der Waals surface area contributed by atoms with E-state index in [0.29, 0.717) is 18.4 Å². The zero-order valence-corrected chi connectivity index (χ0v) is 15.1. The molecule has 2 N–H and O–H groups in total. The lowest BCUT2D eigenvalue weighted by Gasteiger charge is -2.30. The van der Waals surface area contributed by atoms with E-state index in [0.717, 1.165) is 37.6 Å². The summed E-state index contributed by atoms with van der Waals surface area (Å²) in [7, 11) is 0. The zero-order chi connectivity index (χ0) is 18.4. The van der Waals surface area contributed by atoms with Gasteiger partial charge in [0.05, 0.1) is 18.8 Å². The van der Waals surface area contributed by atoms with E-state index in [1.54, 1.807) is 6.08 Å².